The van der Waals surface area contributed by atoms with Gasteiger partial charge in [-0.3, -0.25) is 4.79 Å². The highest BCUT2D eigenvalue weighted by atomic mass is 16.6. The Balaban J connectivity index is 3.08. The van der Waals surface area contributed by atoms with Crippen LogP contribution in [0, 0.1) is 0 Å². The molecule has 8 heteroatoms. The summed E-state index contributed by atoms with van der Waals surface area (Å²) in [6, 6.07) is 0. The maximum Gasteiger partial charge on any atom is 0.331 e. The van der Waals surface area contributed by atoms with Gasteiger partial charge < -0.3 is 28.4 Å². The summed E-state index contributed by atoms with van der Waals surface area (Å²) in [7, 11) is 1.31. The second-order valence-corrected chi connectivity index (χ2v) is 4.02. The van der Waals surface area contributed by atoms with Crippen LogP contribution in [0.4, 0.5) is 0 Å². The van der Waals surface area contributed by atoms with Crippen molar-refractivity contribution in [2.24, 2.45) is 0 Å². The van der Waals surface area contributed by atoms with Gasteiger partial charge in [0.25, 0.3) is 0 Å². The van der Waals surface area contributed by atoms with E-state index in [9.17, 15) is 9.59 Å². The van der Waals surface area contributed by atoms with E-state index in [1.54, 1.807) is 6.92 Å². The molecule has 0 fully saturated rings. The standard InChI is InChI=1S/C14H26O8/c1-3-22-13(15)4-5-18-6-7-19-8-9-20-10-11-21-12-14(16)17-2/h3-12H2,1-2H3. The first kappa shape index (κ1) is 20.8. The molecule has 0 rings (SSSR count). The van der Waals surface area contributed by atoms with Crippen molar-refractivity contribution in [1.82, 2.24) is 0 Å². The van der Waals surface area contributed by atoms with Crippen molar-refractivity contribution in [2.45, 2.75) is 13.3 Å². The van der Waals surface area contributed by atoms with Gasteiger partial charge in [-0.15, -0.1) is 0 Å². The largest absolute Gasteiger partial charge is 0.467 e. The number of carbonyl (C=O) groups excluding carboxylic acids is 2. The van der Waals surface area contributed by atoms with E-state index >= 15 is 0 Å². The lowest BCUT2D eigenvalue weighted by Gasteiger charge is -2.07. The van der Waals surface area contributed by atoms with Crippen LogP contribution in [0.1, 0.15) is 13.3 Å². The van der Waals surface area contributed by atoms with Gasteiger partial charge in [0.05, 0.1) is 66.4 Å². The summed E-state index contributed by atoms with van der Waals surface area (Å²) in [5.41, 5.74) is 0. The molecule has 0 aliphatic rings. The first-order chi connectivity index (χ1) is 10.7. The second kappa shape index (κ2) is 16.2. The highest BCUT2D eigenvalue weighted by Crippen LogP contribution is 1.89. The van der Waals surface area contributed by atoms with E-state index in [-0.39, 0.29) is 19.0 Å². The molecule has 0 saturated heterocycles. The van der Waals surface area contributed by atoms with Crippen LogP contribution in [-0.4, -0.2) is 78.5 Å². The molecule has 0 radical (unpaired) electrons. The van der Waals surface area contributed by atoms with Crippen LogP contribution in [0.5, 0.6) is 0 Å². The van der Waals surface area contributed by atoms with Crippen LogP contribution >= 0.6 is 0 Å². The SMILES string of the molecule is CCOC(=O)CCOCCOCCOCCOCC(=O)OC. The maximum atomic E-state index is 11.0. The molecular formula is C14H26O8. The van der Waals surface area contributed by atoms with E-state index in [1.807, 2.05) is 0 Å². The Morgan fingerprint density at radius 1 is 0.727 bits per heavy atom. The average Bonchev–Trinajstić information content (AvgIpc) is 2.51. The van der Waals surface area contributed by atoms with Gasteiger partial charge in [-0.25, -0.2) is 4.79 Å². The lowest BCUT2D eigenvalue weighted by atomic mass is 10.5. The first-order valence-electron chi connectivity index (χ1n) is 7.24. The molecule has 0 bridgehead atoms. The molecule has 22 heavy (non-hydrogen) atoms. The van der Waals surface area contributed by atoms with Crippen molar-refractivity contribution in [3.8, 4) is 0 Å². The lowest BCUT2D eigenvalue weighted by molar-refractivity contribution is -0.146. The zero-order valence-corrected chi connectivity index (χ0v) is 13.3. The van der Waals surface area contributed by atoms with Gasteiger partial charge in [0.2, 0.25) is 0 Å². The van der Waals surface area contributed by atoms with Crippen LogP contribution in [0.25, 0.3) is 0 Å². The Labute approximate surface area is 130 Å². The molecule has 0 aromatic heterocycles. The fraction of sp³-hybridized carbons (Fsp3) is 0.857. The number of carbonyl (C=O) groups is 2. The summed E-state index contributed by atoms with van der Waals surface area (Å²) in [6.07, 6.45) is 0.253. The van der Waals surface area contributed by atoms with Crippen molar-refractivity contribution in [2.75, 3.05) is 66.6 Å². The molecule has 8 nitrogen and oxygen atoms in total. The summed E-state index contributed by atoms with van der Waals surface area (Å²) in [6.45, 7) is 4.85. The van der Waals surface area contributed by atoms with Crippen molar-refractivity contribution in [3.63, 3.8) is 0 Å². The molecule has 0 heterocycles. The van der Waals surface area contributed by atoms with Gasteiger partial charge in [0.15, 0.2) is 0 Å². The second-order valence-electron chi connectivity index (χ2n) is 4.02. The van der Waals surface area contributed by atoms with Crippen molar-refractivity contribution in [1.29, 1.82) is 0 Å². The molecule has 0 atom stereocenters. The maximum absolute atomic E-state index is 11.0. The molecule has 0 N–H and O–H groups in total. The third-order valence-electron chi connectivity index (χ3n) is 2.32. The number of hydrogen-bond acceptors (Lipinski definition) is 8. The minimum atomic E-state index is -0.411. The van der Waals surface area contributed by atoms with E-state index in [1.165, 1.54) is 7.11 Å². The smallest absolute Gasteiger partial charge is 0.331 e. The van der Waals surface area contributed by atoms with E-state index in [0.717, 1.165) is 0 Å². The topological polar surface area (TPSA) is 89.5 Å². The Bertz CT molecular complexity index is 282. The summed E-state index contributed by atoms with van der Waals surface area (Å²) in [5, 5.41) is 0. The highest BCUT2D eigenvalue weighted by Gasteiger charge is 2.01. The minimum Gasteiger partial charge on any atom is -0.467 e. The summed E-state index contributed by atoms with van der Waals surface area (Å²) >= 11 is 0. The number of hydrogen-bond donors (Lipinski definition) is 0. The molecule has 0 aliphatic carbocycles. The van der Waals surface area contributed by atoms with Crippen molar-refractivity contribution in [3.05, 3.63) is 0 Å². The van der Waals surface area contributed by atoms with Crippen LogP contribution < -0.4 is 0 Å². The van der Waals surface area contributed by atoms with Crippen LogP contribution in [0.3, 0.4) is 0 Å². The van der Waals surface area contributed by atoms with Gasteiger partial charge in [-0.05, 0) is 6.92 Å². The zero-order chi connectivity index (χ0) is 16.5. The molecule has 0 amide bonds. The van der Waals surface area contributed by atoms with E-state index in [0.29, 0.717) is 52.9 Å². The summed E-state index contributed by atoms with van der Waals surface area (Å²) in [4.78, 5) is 21.7. The lowest BCUT2D eigenvalue weighted by Crippen LogP contribution is -2.15. The molecule has 0 aliphatic heterocycles. The summed E-state index contributed by atoms with van der Waals surface area (Å²) in [5.74, 6) is -0.669. The Morgan fingerprint density at radius 2 is 1.23 bits per heavy atom. The first-order valence-corrected chi connectivity index (χ1v) is 7.24. The fourth-order valence-corrected chi connectivity index (χ4v) is 1.26. The van der Waals surface area contributed by atoms with Crippen LogP contribution in [0.2, 0.25) is 0 Å². The fourth-order valence-electron chi connectivity index (χ4n) is 1.26. The molecule has 0 spiro atoms. The van der Waals surface area contributed by atoms with E-state index < -0.39 is 5.97 Å². The average molecular weight is 322 g/mol. The Kier molecular flexibility index (Phi) is 15.3. The Hall–Kier alpha value is -1.22. The van der Waals surface area contributed by atoms with Gasteiger partial charge in [-0.1, -0.05) is 0 Å². The number of methoxy groups -OCH3 is 1. The molecule has 130 valence electrons. The third kappa shape index (κ3) is 15.2. The van der Waals surface area contributed by atoms with Gasteiger partial charge in [-0.2, -0.15) is 0 Å². The Morgan fingerprint density at radius 3 is 1.73 bits per heavy atom. The van der Waals surface area contributed by atoms with Gasteiger partial charge in [0.1, 0.15) is 6.61 Å². The zero-order valence-electron chi connectivity index (χ0n) is 13.3. The number of rotatable bonds is 15. The monoisotopic (exact) mass is 322 g/mol. The van der Waals surface area contributed by atoms with E-state index in [2.05, 4.69) is 4.74 Å². The molecule has 0 aromatic rings. The van der Waals surface area contributed by atoms with Gasteiger partial charge in [0, 0.05) is 0 Å². The van der Waals surface area contributed by atoms with Crippen LogP contribution in [0.15, 0.2) is 0 Å². The highest BCUT2D eigenvalue weighted by molar-refractivity contribution is 5.70. The van der Waals surface area contributed by atoms with Gasteiger partial charge >= 0.3 is 11.9 Å². The van der Waals surface area contributed by atoms with Crippen molar-refractivity contribution < 1.29 is 38.0 Å². The minimum absolute atomic E-state index is 0.0699. The molecular weight excluding hydrogens is 296 g/mol. The van der Waals surface area contributed by atoms with Crippen molar-refractivity contribution >= 4 is 11.9 Å². The van der Waals surface area contributed by atoms with Crippen LogP contribution in [-0.2, 0) is 38.0 Å². The quantitative estimate of drug-likeness (QED) is 0.311. The predicted octanol–water partition coefficient (Wildman–Crippen LogP) is 0.179. The molecule has 0 aromatic carbocycles. The number of ether oxygens (including phenoxy) is 6. The summed E-state index contributed by atoms with van der Waals surface area (Å²) < 4.78 is 29.9. The number of esters is 2. The predicted molar refractivity (Wildman–Crippen MR) is 76.5 cm³/mol. The third-order valence-corrected chi connectivity index (χ3v) is 2.32. The molecule has 0 saturated carbocycles. The molecule has 0 unspecified atom stereocenters. The normalized spacial score (nSPS) is 10.5. The van der Waals surface area contributed by atoms with E-state index in [4.69, 9.17) is 23.7 Å².